The van der Waals surface area contributed by atoms with Gasteiger partial charge in [-0.25, -0.2) is 9.78 Å². The SMILES string of the molecule is O=C(Nc1cc(Cl)ccn1)C1CCN(C(=O)N2CCCC2)CC1. The molecule has 0 aliphatic carbocycles. The van der Waals surface area contributed by atoms with Crippen LogP contribution in [0.3, 0.4) is 0 Å². The molecule has 0 radical (unpaired) electrons. The summed E-state index contributed by atoms with van der Waals surface area (Å²) in [6, 6.07) is 3.42. The van der Waals surface area contributed by atoms with E-state index in [4.69, 9.17) is 11.6 Å². The molecule has 1 aromatic rings. The Morgan fingerprint density at radius 2 is 1.78 bits per heavy atom. The summed E-state index contributed by atoms with van der Waals surface area (Å²) in [7, 11) is 0. The number of pyridine rings is 1. The zero-order valence-corrected chi connectivity index (χ0v) is 13.8. The Kier molecular flexibility index (Phi) is 5.00. The summed E-state index contributed by atoms with van der Waals surface area (Å²) in [6.45, 7) is 2.99. The second kappa shape index (κ2) is 7.17. The molecule has 0 atom stereocenters. The van der Waals surface area contributed by atoms with Crippen LogP contribution in [-0.2, 0) is 4.79 Å². The Bertz CT molecular complexity index is 581. The van der Waals surface area contributed by atoms with Gasteiger partial charge in [-0.2, -0.15) is 0 Å². The number of carbonyl (C=O) groups is 2. The molecule has 0 unspecified atom stereocenters. The van der Waals surface area contributed by atoms with E-state index in [1.54, 1.807) is 18.3 Å². The number of likely N-dealkylation sites (tertiary alicyclic amines) is 2. The number of nitrogens with one attached hydrogen (secondary N) is 1. The second-order valence-electron chi connectivity index (χ2n) is 6.09. The lowest BCUT2D eigenvalue weighted by atomic mass is 9.96. The lowest BCUT2D eigenvalue weighted by Gasteiger charge is -2.33. The van der Waals surface area contributed by atoms with Gasteiger partial charge in [-0.1, -0.05) is 11.6 Å². The van der Waals surface area contributed by atoms with Gasteiger partial charge in [0, 0.05) is 43.3 Å². The van der Waals surface area contributed by atoms with Crippen molar-refractivity contribution in [3.63, 3.8) is 0 Å². The number of hydrogen-bond acceptors (Lipinski definition) is 3. The van der Waals surface area contributed by atoms with Gasteiger partial charge in [0.15, 0.2) is 0 Å². The predicted molar refractivity (Wildman–Crippen MR) is 88.4 cm³/mol. The number of carbonyl (C=O) groups excluding carboxylic acids is 2. The Morgan fingerprint density at radius 1 is 1.13 bits per heavy atom. The molecule has 3 rings (SSSR count). The summed E-state index contributed by atoms with van der Waals surface area (Å²) in [5, 5.41) is 3.35. The normalized spacial score (nSPS) is 19.0. The third kappa shape index (κ3) is 3.93. The minimum absolute atomic E-state index is 0.0481. The van der Waals surface area contributed by atoms with Gasteiger partial charge in [0.2, 0.25) is 5.91 Å². The van der Waals surface area contributed by atoms with Gasteiger partial charge in [0.25, 0.3) is 0 Å². The first-order valence-corrected chi connectivity index (χ1v) is 8.47. The van der Waals surface area contributed by atoms with Crippen LogP contribution in [0.5, 0.6) is 0 Å². The summed E-state index contributed by atoms with van der Waals surface area (Å²) in [6.07, 6.45) is 5.13. The summed E-state index contributed by atoms with van der Waals surface area (Å²) >= 11 is 5.89. The van der Waals surface area contributed by atoms with Crippen molar-refractivity contribution in [3.8, 4) is 0 Å². The smallest absolute Gasteiger partial charge is 0.319 e. The minimum atomic E-state index is -0.0848. The standard InChI is InChI=1S/C16H21ClN4O2/c17-13-3-6-18-14(11-13)19-15(22)12-4-9-21(10-5-12)16(23)20-7-1-2-8-20/h3,6,11-12H,1-2,4-5,7-10H2,(H,18,19,22). The fourth-order valence-electron chi connectivity index (χ4n) is 3.14. The van der Waals surface area contributed by atoms with E-state index in [1.165, 1.54) is 0 Å². The van der Waals surface area contributed by atoms with Crippen molar-refractivity contribution in [1.82, 2.24) is 14.8 Å². The molecule has 2 aliphatic rings. The third-order valence-electron chi connectivity index (χ3n) is 4.49. The molecule has 0 bridgehead atoms. The topological polar surface area (TPSA) is 65.5 Å². The first-order valence-electron chi connectivity index (χ1n) is 8.10. The van der Waals surface area contributed by atoms with Crippen LogP contribution in [0.1, 0.15) is 25.7 Å². The van der Waals surface area contributed by atoms with Crippen LogP contribution in [0.4, 0.5) is 10.6 Å². The Labute approximate surface area is 140 Å². The van der Waals surface area contributed by atoms with Crippen molar-refractivity contribution < 1.29 is 9.59 Å². The number of nitrogens with zero attached hydrogens (tertiary/aromatic N) is 3. The number of anilines is 1. The largest absolute Gasteiger partial charge is 0.325 e. The summed E-state index contributed by atoms with van der Waals surface area (Å²) < 4.78 is 0. The van der Waals surface area contributed by atoms with Crippen LogP contribution in [-0.4, -0.2) is 52.9 Å². The van der Waals surface area contributed by atoms with Crippen LogP contribution in [0.2, 0.25) is 5.02 Å². The molecule has 2 aliphatic heterocycles. The van der Waals surface area contributed by atoms with Crippen molar-refractivity contribution in [2.24, 2.45) is 5.92 Å². The molecule has 2 fully saturated rings. The van der Waals surface area contributed by atoms with Crippen molar-refractivity contribution in [1.29, 1.82) is 0 Å². The van der Waals surface area contributed by atoms with Crippen molar-refractivity contribution >= 4 is 29.4 Å². The predicted octanol–water partition coefficient (Wildman–Crippen LogP) is 2.60. The Morgan fingerprint density at radius 3 is 2.43 bits per heavy atom. The maximum Gasteiger partial charge on any atom is 0.319 e. The number of urea groups is 1. The molecule has 124 valence electrons. The number of halogens is 1. The third-order valence-corrected chi connectivity index (χ3v) is 4.72. The molecule has 3 amide bonds. The lowest BCUT2D eigenvalue weighted by molar-refractivity contribution is -0.121. The van der Waals surface area contributed by atoms with Gasteiger partial charge < -0.3 is 15.1 Å². The zero-order valence-electron chi connectivity index (χ0n) is 13.0. The van der Waals surface area contributed by atoms with Crippen LogP contribution in [0.25, 0.3) is 0 Å². The molecule has 7 heteroatoms. The van der Waals surface area contributed by atoms with Crippen molar-refractivity contribution in [2.75, 3.05) is 31.5 Å². The Balaban J connectivity index is 1.50. The zero-order chi connectivity index (χ0) is 16.2. The van der Waals surface area contributed by atoms with Crippen LogP contribution < -0.4 is 5.32 Å². The molecule has 1 N–H and O–H groups in total. The van der Waals surface area contributed by atoms with E-state index in [0.29, 0.717) is 36.8 Å². The molecule has 2 saturated heterocycles. The molecule has 3 heterocycles. The van der Waals surface area contributed by atoms with Gasteiger partial charge in [0.05, 0.1) is 0 Å². The molecule has 0 aromatic carbocycles. The van der Waals surface area contributed by atoms with E-state index < -0.39 is 0 Å². The number of rotatable bonds is 2. The van der Waals surface area contributed by atoms with E-state index >= 15 is 0 Å². The number of hydrogen-bond donors (Lipinski definition) is 1. The maximum absolute atomic E-state index is 12.3. The van der Waals surface area contributed by atoms with Gasteiger partial charge in [-0.05, 0) is 37.8 Å². The van der Waals surface area contributed by atoms with E-state index in [2.05, 4.69) is 10.3 Å². The highest BCUT2D eigenvalue weighted by Gasteiger charge is 2.30. The molecular weight excluding hydrogens is 316 g/mol. The maximum atomic E-state index is 12.3. The monoisotopic (exact) mass is 336 g/mol. The average Bonchev–Trinajstić information content (AvgIpc) is 3.09. The van der Waals surface area contributed by atoms with Gasteiger partial charge >= 0.3 is 6.03 Å². The summed E-state index contributed by atoms with van der Waals surface area (Å²) in [5.41, 5.74) is 0. The van der Waals surface area contributed by atoms with E-state index in [-0.39, 0.29) is 17.9 Å². The number of amides is 3. The quantitative estimate of drug-likeness (QED) is 0.902. The summed E-state index contributed by atoms with van der Waals surface area (Å²) in [4.78, 5) is 32.5. The lowest BCUT2D eigenvalue weighted by Crippen LogP contribution is -2.47. The molecule has 23 heavy (non-hydrogen) atoms. The highest BCUT2D eigenvalue weighted by molar-refractivity contribution is 6.30. The highest BCUT2D eigenvalue weighted by Crippen LogP contribution is 2.22. The molecule has 6 nitrogen and oxygen atoms in total. The van der Waals surface area contributed by atoms with E-state index in [0.717, 1.165) is 25.9 Å². The van der Waals surface area contributed by atoms with Crippen LogP contribution in [0.15, 0.2) is 18.3 Å². The van der Waals surface area contributed by atoms with Gasteiger partial charge in [-0.15, -0.1) is 0 Å². The fourth-order valence-corrected chi connectivity index (χ4v) is 3.30. The van der Waals surface area contributed by atoms with Crippen LogP contribution >= 0.6 is 11.6 Å². The first-order chi connectivity index (χ1) is 11.1. The van der Waals surface area contributed by atoms with E-state index in [9.17, 15) is 9.59 Å². The van der Waals surface area contributed by atoms with Crippen LogP contribution in [0, 0.1) is 5.92 Å². The Hall–Kier alpha value is -1.82. The number of piperidine rings is 1. The second-order valence-corrected chi connectivity index (χ2v) is 6.52. The molecule has 1 aromatic heterocycles. The molecule has 0 saturated carbocycles. The van der Waals surface area contributed by atoms with Crippen molar-refractivity contribution in [2.45, 2.75) is 25.7 Å². The van der Waals surface area contributed by atoms with E-state index in [1.807, 2.05) is 9.80 Å². The van der Waals surface area contributed by atoms with Gasteiger partial charge in [0.1, 0.15) is 5.82 Å². The highest BCUT2D eigenvalue weighted by atomic mass is 35.5. The molecular formula is C16H21ClN4O2. The number of aromatic nitrogens is 1. The van der Waals surface area contributed by atoms with Gasteiger partial charge in [-0.3, -0.25) is 4.79 Å². The fraction of sp³-hybridized carbons (Fsp3) is 0.562. The van der Waals surface area contributed by atoms with Crippen molar-refractivity contribution in [3.05, 3.63) is 23.4 Å². The molecule has 0 spiro atoms. The minimum Gasteiger partial charge on any atom is -0.325 e. The average molecular weight is 337 g/mol. The first kappa shape index (κ1) is 16.1. The summed E-state index contributed by atoms with van der Waals surface area (Å²) in [5.74, 6) is 0.338.